The molecule has 0 aliphatic heterocycles. The predicted octanol–water partition coefficient (Wildman–Crippen LogP) is 3.41. The van der Waals surface area contributed by atoms with Crippen LogP contribution >= 0.6 is 0 Å². The Bertz CT molecular complexity index is 699. The van der Waals surface area contributed by atoms with Gasteiger partial charge in [0.1, 0.15) is 5.82 Å². The van der Waals surface area contributed by atoms with Crippen LogP contribution in [0, 0.1) is 15.9 Å². The molecule has 0 aliphatic rings. The van der Waals surface area contributed by atoms with Crippen molar-refractivity contribution in [2.75, 3.05) is 0 Å². The summed E-state index contributed by atoms with van der Waals surface area (Å²) in [6.07, 6.45) is 0.612. The molecule has 6 heteroatoms. The van der Waals surface area contributed by atoms with E-state index in [1.54, 1.807) is 43.3 Å². The molecular formula is C18H19FN2O3. The fourth-order valence-electron chi connectivity index (χ4n) is 2.41. The normalized spacial score (nSPS) is 11.8. The van der Waals surface area contributed by atoms with E-state index in [1.165, 1.54) is 12.1 Å². The maximum Gasteiger partial charge on any atom is 0.237 e. The van der Waals surface area contributed by atoms with E-state index in [0.717, 1.165) is 11.1 Å². The van der Waals surface area contributed by atoms with Crippen LogP contribution in [0.3, 0.4) is 0 Å². The molecule has 1 N–H and O–H groups in total. The fourth-order valence-corrected chi connectivity index (χ4v) is 2.41. The summed E-state index contributed by atoms with van der Waals surface area (Å²) in [6.45, 7) is 2.10. The molecule has 0 spiro atoms. The van der Waals surface area contributed by atoms with Crippen molar-refractivity contribution < 1.29 is 14.1 Å². The van der Waals surface area contributed by atoms with Gasteiger partial charge in [-0.15, -0.1) is 0 Å². The molecule has 0 saturated heterocycles. The zero-order valence-electron chi connectivity index (χ0n) is 13.4. The lowest BCUT2D eigenvalue weighted by atomic mass is 10.0. The second-order valence-electron chi connectivity index (χ2n) is 5.53. The molecule has 5 nitrogen and oxygen atoms in total. The molecule has 1 unspecified atom stereocenters. The Labute approximate surface area is 139 Å². The molecule has 1 amide bonds. The average molecular weight is 330 g/mol. The molecule has 0 aromatic heterocycles. The molecule has 0 aliphatic carbocycles. The van der Waals surface area contributed by atoms with Gasteiger partial charge in [0.15, 0.2) is 0 Å². The summed E-state index contributed by atoms with van der Waals surface area (Å²) >= 11 is 0. The SMILES string of the molecule is CCC(c1ccc(CC(=O)NCc2ccc(F)cc2)cc1)[N+](=O)[O-]. The van der Waals surface area contributed by atoms with E-state index in [0.29, 0.717) is 18.5 Å². The first-order chi connectivity index (χ1) is 11.5. The summed E-state index contributed by atoms with van der Waals surface area (Å²) in [5, 5.41) is 13.7. The van der Waals surface area contributed by atoms with Crippen molar-refractivity contribution in [3.8, 4) is 0 Å². The number of benzene rings is 2. The van der Waals surface area contributed by atoms with Crippen LogP contribution in [0.2, 0.25) is 0 Å². The third kappa shape index (κ3) is 4.87. The highest BCUT2D eigenvalue weighted by Gasteiger charge is 2.19. The van der Waals surface area contributed by atoms with Crippen molar-refractivity contribution in [1.29, 1.82) is 0 Å². The van der Waals surface area contributed by atoms with Gasteiger partial charge in [0, 0.05) is 23.5 Å². The first-order valence-electron chi connectivity index (χ1n) is 7.73. The Hall–Kier alpha value is -2.76. The van der Waals surface area contributed by atoms with Crippen molar-refractivity contribution in [3.05, 3.63) is 81.2 Å². The first-order valence-corrected chi connectivity index (χ1v) is 7.73. The fraction of sp³-hybridized carbons (Fsp3) is 0.278. The summed E-state index contributed by atoms with van der Waals surface area (Å²) in [7, 11) is 0. The van der Waals surface area contributed by atoms with Crippen molar-refractivity contribution in [3.63, 3.8) is 0 Å². The zero-order chi connectivity index (χ0) is 17.5. The van der Waals surface area contributed by atoms with Crippen molar-refractivity contribution in [1.82, 2.24) is 5.32 Å². The number of halogens is 1. The number of nitrogens with zero attached hydrogens (tertiary/aromatic N) is 1. The van der Waals surface area contributed by atoms with Gasteiger partial charge in [0.25, 0.3) is 0 Å². The number of carbonyl (C=O) groups excluding carboxylic acids is 1. The van der Waals surface area contributed by atoms with E-state index in [9.17, 15) is 19.3 Å². The Balaban J connectivity index is 1.89. The molecule has 0 saturated carbocycles. The number of nitro groups is 1. The number of hydrogen-bond acceptors (Lipinski definition) is 3. The Morgan fingerprint density at radius 1 is 1.12 bits per heavy atom. The first kappa shape index (κ1) is 17.6. The van der Waals surface area contributed by atoms with Gasteiger partial charge in [0.05, 0.1) is 6.42 Å². The van der Waals surface area contributed by atoms with E-state index in [-0.39, 0.29) is 23.1 Å². The topological polar surface area (TPSA) is 72.2 Å². The monoisotopic (exact) mass is 330 g/mol. The van der Waals surface area contributed by atoms with Gasteiger partial charge in [-0.25, -0.2) is 4.39 Å². The molecule has 2 rings (SSSR count). The van der Waals surface area contributed by atoms with Gasteiger partial charge in [-0.3, -0.25) is 14.9 Å². The van der Waals surface area contributed by atoms with Crippen LogP contribution in [-0.2, 0) is 17.8 Å². The zero-order valence-corrected chi connectivity index (χ0v) is 13.4. The molecule has 0 bridgehead atoms. The van der Waals surface area contributed by atoms with E-state index in [4.69, 9.17) is 0 Å². The number of carbonyl (C=O) groups is 1. The maximum absolute atomic E-state index is 12.8. The van der Waals surface area contributed by atoms with E-state index >= 15 is 0 Å². The molecule has 0 radical (unpaired) electrons. The second-order valence-corrected chi connectivity index (χ2v) is 5.53. The second kappa shape index (κ2) is 8.19. The van der Waals surface area contributed by atoms with Crippen molar-refractivity contribution in [2.45, 2.75) is 32.4 Å². The van der Waals surface area contributed by atoms with Crippen LogP contribution < -0.4 is 5.32 Å². The summed E-state index contributed by atoms with van der Waals surface area (Å²) in [4.78, 5) is 22.6. The van der Waals surface area contributed by atoms with Crippen molar-refractivity contribution >= 4 is 5.91 Å². The van der Waals surface area contributed by atoms with Gasteiger partial charge in [0.2, 0.25) is 11.9 Å². The highest BCUT2D eigenvalue weighted by molar-refractivity contribution is 5.78. The van der Waals surface area contributed by atoms with Gasteiger partial charge >= 0.3 is 0 Å². The summed E-state index contributed by atoms with van der Waals surface area (Å²) in [5.41, 5.74) is 2.24. The third-order valence-corrected chi connectivity index (χ3v) is 3.77. The quantitative estimate of drug-likeness (QED) is 0.624. The molecule has 0 heterocycles. The molecule has 1 atom stereocenters. The maximum atomic E-state index is 12.8. The average Bonchev–Trinajstić information content (AvgIpc) is 2.56. The standard InChI is InChI=1S/C18H19FN2O3/c1-2-17(21(23)24)15-7-3-13(4-8-15)11-18(22)20-12-14-5-9-16(19)10-6-14/h3-10,17H,2,11-12H2,1H3,(H,20,22). The largest absolute Gasteiger partial charge is 0.352 e. The summed E-state index contributed by atoms with van der Waals surface area (Å²) < 4.78 is 12.8. The van der Waals surface area contributed by atoms with Crippen molar-refractivity contribution in [2.24, 2.45) is 0 Å². The van der Waals surface area contributed by atoms with Crippen LogP contribution in [0.25, 0.3) is 0 Å². The number of nitrogens with one attached hydrogen (secondary N) is 1. The Kier molecular flexibility index (Phi) is 6.01. The lowest BCUT2D eigenvalue weighted by Crippen LogP contribution is -2.24. The summed E-state index contributed by atoms with van der Waals surface area (Å²) in [5.74, 6) is -0.473. The van der Waals surface area contributed by atoms with Crippen LogP contribution in [0.1, 0.15) is 36.1 Å². The number of rotatable bonds is 7. The highest BCUT2D eigenvalue weighted by atomic mass is 19.1. The minimum absolute atomic E-state index is 0.159. The van der Waals surface area contributed by atoms with Gasteiger partial charge in [-0.05, 0) is 23.3 Å². The molecule has 126 valence electrons. The van der Waals surface area contributed by atoms with Gasteiger partial charge in [-0.2, -0.15) is 0 Å². The predicted molar refractivity (Wildman–Crippen MR) is 88.4 cm³/mol. The van der Waals surface area contributed by atoms with Crippen LogP contribution in [0.5, 0.6) is 0 Å². The minimum atomic E-state index is -0.716. The lowest BCUT2D eigenvalue weighted by Gasteiger charge is -2.09. The minimum Gasteiger partial charge on any atom is -0.352 e. The third-order valence-electron chi connectivity index (χ3n) is 3.77. The smallest absolute Gasteiger partial charge is 0.237 e. The molecular weight excluding hydrogens is 311 g/mol. The number of amides is 1. The van der Waals surface area contributed by atoms with Crippen LogP contribution in [-0.4, -0.2) is 10.8 Å². The Morgan fingerprint density at radius 2 is 1.71 bits per heavy atom. The molecule has 2 aromatic carbocycles. The Morgan fingerprint density at radius 3 is 2.25 bits per heavy atom. The van der Waals surface area contributed by atoms with Crippen LogP contribution in [0.15, 0.2) is 48.5 Å². The molecule has 24 heavy (non-hydrogen) atoms. The highest BCUT2D eigenvalue weighted by Crippen LogP contribution is 2.20. The summed E-state index contributed by atoms with van der Waals surface area (Å²) in [6, 6.07) is 12.1. The van der Waals surface area contributed by atoms with Gasteiger partial charge < -0.3 is 5.32 Å². The van der Waals surface area contributed by atoms with E-state index < -0.39 is 6.04 Å². The lowest BCUT2D eigenvalue weighted by molar-refractivity contribution is -0.529. The van der Waals surface area contributed by atoms with Crippen LogP contribution in [0.4, 0.5) is 4.39 Å². The molecule has 2 aromatic rings. The number of hydrogen-bond donors (Lipinski definition) is 1. The van der Waals surface area contributed by atoms with E-state index in [2.05, 4.69) is 5.32 Å². The van der Waals surface area contributed by atoms with E-state index in [1.807, 2.05) is 0 Å². The van der Waals surface area contributed by atoms with Gasteiger partial charge in [-0.1, -0.05) is 43.3 Å². The molecule has 0 fully saturated rings.